The Hall–Kier alpha value is -0.120. The standard InChI is InChI=1S/C14H31NO2/c1-6-10-15-13(11-12(5)7-2)14(16-8-3)17-9-4/h12-15H,6-11H2,1-5H3. The van der Waals surface area contributed by atoms with Crippen LogP contribution in [0.25, 0.3) is 0 Å². The molecule has 3 nitrogen and oxygen atoms in total. The van der Waals surface area contributed by atoms with E-state index in [1.54, 1.807) is 0 Å². The lowest BCUT2D eigenvalue weighted by Gasteiger charge is -2.29. The van der Waals surface area contributed by atoms with Crippen molar-refractivity contribution in [2.75, 3.05) is 19.8 Å². The van der Waals surface area contributed by atoms with Crippen molar-refractivity contribution in [3.05, 3.63) is 0 Å². The normalized spacial score (nSPS) is 15.2. The van der Waals surface area contributed by atoms with Gasteiger partial charge in [0.15, 0.2) is 6.29 Å². The van der Waals surface area contributed by atoms with Crippen molar-refractivity contribution < 1.29 is 9.47 Å². The Morgan fingerprint density at radius 2 is 1.59 bits per heavy atom. The van der Waals surface area contributed by atoms with Gasteiger partial charge >= 0.3 is 0 Å². The third kappa shape index (κ3) is 7.74. The molecule has 0 rings (SSSR count). The fourth-order valence-corrected chi connectivity index (χ4v) is 1.83. The molecule has 0 aliphatic rings. The minimum Gasteiger partial charge on any atom is -0.351 e. The van der Waals surface area contributed by atoms with Crippen molar-refractivity contribution in [2.45, 2.75) is 66.2 Å². The van der Waals surface area contributed by atoms with Gasteiger partial charge in [-0.15, -0.1) is 0 Å². The van der Waals surface area contributed by atoms with Gasteiger partial charge in [0.05, 0.1) is 6.04 Å². The molecule has 0 aliphatic carbocycles. The first kappa shape index (κ1) is 16.9. The van der Waals surface area contributed by atoms with E-state index in [-0.39, 0.29) is 6.29 Å². The molecule has 0 heterocycles. The van der Waals surface area contributed by atoms with Crippen molar-refractivity contribution in [1.82, 2.24) is 5.32 Å². The number of ether oxygens (including phenoxy) is 2. The van der Waals surface area contributed by atoms with Crippen LogP contribution >= 0.6 is 0 Å². The quantitative estimate of drug-likeness (QED) is 0.567. The largest absolute Gasteiger partial charge is 0.351 e. The summed E-state index contributed by atoms with van der Waals surface area (Å²) in [7, 11) is 0. The maximum absolute atomic E-state index is 5.70. The lowest BCUT2D eigenvalue weighted by molar-refractivity contribution is -0.156. The Morgan fingerprint density at radius 1 is 1.00 bits per heavy atom. The van der Waals surface area contributed by atoms with Crippen LogP contribution in [0.15, 0.2) is 0 Å². The van der Waals surface area contributed by atoms with Gasteiger partial charge < -0.3 is 14.8 Å². The SMILES string of the molecule is CCCNC(CC(C)CC)C(OCC)OCC. The molecule has 0 aromatic carbocycles. The van der Waals surface area contributed by atoms with Crippen molar-refractivity contribution in [2.24, 2.45) is 5.92 Å². The van der Waals surface area contributed by atoms with Crippen molar-refractivity contribution in [3.63, 3.8) is 0 Å². The van der Waals surface area contributed by atoms with Crippen molar-refractivity contribution >= 4 is 0 Å². The third-order valence-electron chi connectivity index (χ3n) is 3.00. The molecule has 0 aliphatic heterocycles. The topological polar surface area (TPSA) is 30.5 Å². The second kappa shape index (κ2) is 11.0. The lowest BCUT2D eigenvalue weighted by Crippen LogP contribution is -2.44. The van der Waals surface area contributed by atoms with Crippen LogP contribution in [-0.2, 0) is 9.47 Å². The van der Waals surface area contributed by atoms with Crippen LogP contribution in [-0.4, -0.2) is 32.1 Å². The van der Waals surface area contributed by atoms with E-state index >= 15 is 0 Å². The van der Waals surface area contributed by atoms with E-state index in [0.29, 0.717) is 25.2 Å². The van der Waals surface area contributed by atoms with Gasteiger partial charge in [-0.1, -0.05) is 27.2 Å². The first-order valence-corrected chi connectivity index (χ1v) is 7.15. The van der Waals surface area contributed by atoms with Crippen LogP contribution < -0.4 is 5.32 Å². The highest BCUT2D eigenvalue weighted by molar-refractivity contribution is 4.73. The molecular formula is C14H31NO2. The molecule has 0 saturated carbocycles. The van der Waals surface area contributed by atoms with E-state index in [9.17, 15) is 0 Å². The van der Waals surface area contributed by atoms with E-state index in [2.05, 4.69) is 26.1 Å². The third-order valence-corrected chi connectivity index (χ3v) is 3.00. The smallest absolute Gasteiger partial charge is 0.172 e. The Kier molecular flexibility index (Phi) is 10.9. The summed E-state index contributed by atoms with van der Waals surface area (Å²) >= 11 is 0. The lowest BCUT2D eigenvalue weighted by atomic mass is 9.98. The molecule has 0 fully saturated rings. The summed E-state index contributed by atoms with van der Waals surface area (Å²) in [5, 5.41) is 3.55. The first-order chi connectivity index (χ1) is 8.19. The molecule has 2 atom stereocenters. The molecule has 104 valence electrons. The average molecular weight is 245 g/mol. The molecule has 0 aromatic heterocycles. The Labute approximate surface area is 107 Å². The van der Waals surface area contributed by atoms with E-state index in [1.807, 2.05) is 13.8 Å². The van der Waals surface area contributed by atoms with Crippen LogP contribution in [0, 0.1) is 5.92 Å². The van der Waals surface area contributed by atoms with Crippen LogP contribution in [0.4, 0.5) is 0 Å². The zero-order valence-electron chi connectivity index (χ0n) is 12.3. The van der Waals surface area contributed by atoms with Crippen LogP contribution in [0.5, 0.6) is 0 Å². The summed E-state index contributed by atoms with van der Waals surface area (Å²) < 4.78 is 11.4. The van der Waals surface area contributed by atoms with Crippen LogP contribution in [0.1, 0.15) is 53.9 Å². The van der Waals surface area contributed by atoms with Crippen molar-refractivity contribution in [1.29, 1.82) is 0 Å². The highest BCUT2D eigenvalue weighted by Crippen LogP contribution is 2.15. The van der Waals surface area contributed by atoms with Gasteiger partial charge in [0.2, 0.25) is 0 Å². The molecule has 0 saturated heterocycles. The monoisotopic (exact) mass is 245 g/mol. The number of nitrogens with one attached hydrogen (secondary N) is 1. The fourth-order valence-electron chi connectivity index (χ4n) is 1.83. The molecule has 17 heavy (non-hydrogen) atoms. The average Bonchev–Trinajstić information content (AvgIpc) is 2.34. The molecule has 2 unspecified atom stereocenters. The maximum Gasteiger partial charge on any atom is 0.172 e. The fraction of sp³-hybridized carbons (Fsp3) is 1.00. The number of hydrogen-bond donors (Lipinski definition) is 1. The van der Waals surface area contributed by atoms with Crippen molar-refractivity contribution in [3.8, 4) is 0 Å². The van der Waals surface area contributed by atoms with Gasteiger partial charge in [-0.2, -0.15) is 0 Å². The number of rotatable bonds is 11. The summed E-state index contributed by atoms with van der Waals surface area (Å²) in [6, 6.07) is 0.310. The Morgan fingerprint density at radius 3 is 2.00 bits per heavy atom. The zero-order valence-corrected chi connectivity index (χ0v) is 12.3. The predicted molar refractivity (Wildman–Crippen MR) is 73.2 cm³/mol. The van der Waals surface area contributed by atoms with Gasteiger partial charge in [0, 0.05) is 13.2 Å². The molecule has 1 N–H and O–H groups in total. The minimum atomic E-state index is -0.106. The van der Waals surface area contributed by atoms with Gasteiger partial charge in [-0.25, -0.2) is 0 Å². The number of hydrogen-bond acceptors (Lipinski definition) is 3. The second-order valence-electron chi connectivity index (χ2n) is 4.59. The minimum absolute atomic E-state index is 0.106. The molecule has 3 heteroatoms. The van der Waals surface area contributed by atoms with E-state index < -0.39 is 0 Å². The summed E-state index contributed by atoms with van der Waals surface area (Å²) in [5.74, 6) is 0.702. The predicted octanol–water partition coefficient (Wildman–Crippen LogP) is 3.19. The summed E-state index contributed by atoms with van der Waals surface area (Å²) in [4.78, 5) is 0. The molecule has 0 aromatic rings. The first-order valence-electron chi connectivity index (χ1n) is 7.15. The summed E-state index contributed by atoms with van der Waals surface area (Å²) in [6.45, 7) is 13.2. The van der Waals surface area contributed by atoms with Gasteiger partial charge in [0.1, 0.15) is 0 Å². The van der Waals surface area contributed by atoms with E-state index in [0.717, 1.165) is 19.4 Å². The molecule has 0 radical (unpaired) electrons. The summed E-state index contributed by atoms with van der Waals surface area (Å²) in [5.41, 5.74) is 0. The van der Waals surface area contributed by atoms with Gasteiger partial charge in [-0.3, -0.25) is 0 Å². The van der Waals surface area contributed by atoms with Crippen LogP contribution in [0.3, 0.4) is 0 Å². The van der Waals surface area contributed by atoms with Gasteiger partial charge in [-0.05, 0) is 39.2 Å². The Bertz CT molecular complexity index is 158. The Balaban J connectivity index is 4.35. The molecule has 0 amide bonds. The van der Waals surface area contributed by atoms with E-state index in [1.165, 1.54) is 6.42 Å². The molecule has 0 bridgehead atoms. The van der Waals surface area contributed by atoms with E-state index in [4.69, 9.17) is 9.47 Å². The highest BCUT2D eigenvalue weighted by Gasteiger charge is 2.23. The molecule has 0 spiro atoms. The second-order valence-corrected chi connectivity index (χ2v) is 4.59. The zero-order chi connectivity index (χ0) is 13.1. The van der Waals surface area contributed by atoms with Crippen LogP contribution in [0.2, 0.25) is 0 Å². The highest BCUT2D eigenvalue weighted by atomic mass is 16.7. The summed E-state index contributed by atoms with van der Waals surface area (Å²) in [6.07, 6.45) is 3.35. The maximum atomic E-state index is 5.70. The molecular weight excluding hydrogens is 214 g/mol. The van der Waals surface area contributed by atoms with Gasteiger partial charge in [0.25, 0.3) is 0 Å².